The molecule has 1 unspecified atom stereocenters. The Morgan fingerprint density at radius 2 is 2.04 bits per heavy atom. The van der Waals surface area contributed by atoms with Crippen molar-refractivity contribution in [2.24, 2.45) is 0 Å². The highest BCUT2D eigenvalue weighted by Crippen LogP contribution is 2.35. The molecule has 0 aliphatic carbocycles. The molecule has 2 rings (SSSR count). The van der Waals surface area contributed by atoms with Gasteiger partial charge in [0.1, 0.15) is 5.75 Å². The molecule has 0 aliphatic rings. The van der Waals surface area contributed by atoms with E-state index in [2.05, 4.69) is 24.1 Å². The first-order valence-corrected chi connectivity index (χ1v) is 10.2. The second-order valence-electron chi connectivity index (χ2n) is 6.81. The number of ether oxygens (including phenoxy) is 1. The Morgan fingerprint density at radius 1 is 1.23 bits per heavy atom. The smallest absolute Gasteiger partial charge is 0.220 e. The zero-order valence-corrected chi connectivity index (χ0v) is 16.9. The number of carbonyl (C=O) groups is 1. The van der Waals surface area contributed by atoms with Crippen molar-refractivity contribution in [3.8, 4) is 5.75 Å². The van der Waals surface area contributed by atoms with Crippen LogP contribution in [0, 0.1) is 0 Å². The lowest BCUT2D eigenvalue weighted by atomic mass is 9.94. The van der Waals surface area contributed by atoms with E-state index in [0.29, 0.717) is 24.6 Å². The van der Waals surface area contributed by atoms with Gasteiger partial charge in [0.2, 0.25) is 5.91 Å². The van der Waals surface area contributed by atoms with Crippen LogP contribution in [0.1, 0.15) is 70.8 Å². The largest absolute Gasteiger partial charge is 0.492 e. The van der Waals surface area contributed by atoms with E-state index in [-0.39, 0.29) is 11.8 Å². The monoisotopic (exact) mass is 378 g/mol. The van der Waals surface area contributed by atoms with Crippen LogP contribution in [-0.2, 0) is 4.79 Å². The zero-order chi connectivity index (χ0) is 18.9. The second-order valence-corrected chi connectivity index (χ2v) is 7.22. The van der Waals surface area contributed by atoms with E-state index in [1.165, 1.54) is 5.56 Å². The van der Waals surface area contributed by atoms with Crippen LogP contribution in [0.15, 0.2) is 18.3 Å². The summed E-state index contributed by atoms with van der Waals surface area (Å²) in [6.45, 7) is 7.67. The number of H-pyrrole nitrogens is 1. The fraction of sp³-hybridized carbons (Fsp3) is 0.571. The number of benzene rings is 1. The first kappa shape index (κ1) is 20.6. The predicted octanol–water partition coefficient (Wildman–Crippen LogP) is 5.80. The van der Waals surface area contributed by atoms with Crippen LogP contribution in [0.4, 0.5) is 0 Å². The molecule has 0 saturated heterocycles. The molecular weight excluding hydrogens is 348 g/mol. The minimum Gasteiger partial charge on any atom is -0.492 e. The van der Waals surface area contributed by atoms with Crippen molar-refractivity contribution in [1.29, 1.82) is 0 Å². The van der Waals surface area contributed by atoms with Crippen LogP contribution < -0.4 is 10.1 Å². The van der Waals surface area contributed by atoms with Gasteiger partial charge in [0.15, 0.2) is 0 Å². The minimum absolute atomic E-state index is 0.125. The molecule has 1 heterocycles. The summed E-state index contributed by atoms with van der Waals surface area (Å²) in [5.41, 5.74) is 2.23. The Morgan fingerprint density at radius 3 is 2.73 bits per heavy atom. The Bertz CT molecular complexity index is 711. The van der Waals surface area contributed by atoms with Crippen molar-refractivity contribution >= 4 is 28.4 Å². The summed E-state index contributed by atoms with van der Waals surface area (Å²) in [4.78, 5) is 15.2. The van der Waals surface area contributed by atoms with Gasteiger partial charge in [-0.15, -0.1) is 0 Å². The fourth-order valence-corrected chi connectivity index (χ4v) is 3.41. The molecule has 2 N–H and O–H groups in total. The Kier molecular flexibility index (Phi) is 8.30. The van der Waals surface area contributed by atoms with Gasteiger partial charge in [-0.1, -0.05) is 45.2 Å². The topological polar surface area (TPSA) is 54.1 Å². The number of aromatic amines is 1. The highest BCUT2D eigenvalue weighted by Gasteiger charge is 2.18. The lowest BCUT2D eigenvalue weighted by molar-refractivity contribution is -0.121. The standard InChI is InChI=1S/C21H31ClN2O2/c1-4-7-10-26-20-11-16-17(14-23-19(16)12-18(20)22)15(8-5-2)13-24-21(25)9-6-3/h11-12,14-15,23H,4-10,13H2,1-3H3,(H,24,25). The molecule has 1 atom stereocenters. The number of hydrogen-bond acceptors (Lipinski definition) is 2. The summed E-state index contributed by atoms with van der Waals surface area (Å²) in [5.74, 6) is 1.14. The summed E-state index contributed by atoms with van der Waals surface area (Å²) in [6.07, 6.45) is 7.68. The lowest BCUT2D eigenvalue weighted by Crippen LogP contribution is -2.28. The Labute approximate surface area is 161 Å². The van der Waals surface area contributed by atoms with Crippen molar-refractivity contribution in [1.82, 2.24) is 10.3 Å². The third-order valence-corrected chi connectivity index (χ3v) is 4.92. The number of nitrogens with one attached hydrogen (secondary N) is 2. The van der Waals surface area contributed by atoms with Gasteiger partial charge in [-0.3, -0.25) is 4.79 Å². The van der Waals surface area contributed by atoms with Gasteiger partial charge in [-0.05, 0) is 37.0 Å². The molecule has 1 amide bonds. The summed E-state index contributed by atoms with van der Waals surface area (Å²) >= 11 is 6.37. The number of rotatable bonds is 11. The van der Waals surface area contributed by atoms with Crippen LogP contribution in [0.2, 0.25) is 5.02 Å². The van der Waals surface area contributed by atoms with E-state index in [4.69, 9.17) is 16.3 Å². The number of aromatic nitrogens is 1. The average molecular weight is 379 g/mol. The molecule has 0 saturated carbocycles. The molecule has 5 heteroatoms. The molecule has 2 aromatic rings. The first-order chi connectivity index (χ1) is 12.6. The molecule has 0 fully saturated rings. The van der Waals surface area contributed by atoms with Crippen molar-refractivity contribution in [3.05, 3.63) is 28.9 Å². The van der Waals surface area contributed by atoms with Gasteiger partial charge in [0.25, 0.3) is 0 Å². The van der Waals surface area contributed by atoms with Gasteiger partial charge < -0.3 is 15.0 Å². The number of halogens is 1. The number of carbonyl (C=O) groups excluding carboxylic acids is 1. The third kappa shape index (κ3) is 5.41. The molecule has 0 bridgehead atoms. The zero-order valence-electron chi connectivity index (χ0n) is 16.2. The van der Waals surface area contributed by atoms with Crippen molar-refractivity contribution in [2.75, 3.05) is 13.2 Å². The highest BCUT2D eigenvalue weighted by molar-refractivity contribution is 6.32. The van der Waals surface area contributed by atoms with Crippen molar-refractivity contribution in [2.45, 2.75) is 65.2 Å². The van der Waals surface area contributed by atoms with E-state index < -0.39 is 0 Å². The molecule has 0 radical (unpaired) electrons. The van der Waals surface area contributed by atoms with Gasteiger partial charge in [-0.2, -0.15) is 0 Å². The highest BCUT2D eigenvalue weighted by atomic mass is 35.5. The molecule has 4 nitrogen and oxygen atoms in total. The lowest BCUT2D eigenvalue weighted by Gasteiger charge is -2.17. The summed E-state index contributed by atoms with van der Waals surface area (Å²) in [6, 6.07) is 3.97. The van der Waals surface area contributed by atoms with Crippen LogP contribution in [-0.4, -0.2) is 24.0 Å². The van der Waals surface area contributed by atoms with Gasteiger partial charge >= 0.3 is 0 Å². The van der Waals surface area contributed by atoms with Crippen LogP contribution >= 0.6 is 11.6 Å². The molecule has 144 valence electrons. The molecule has 26 heavy (non-hydrogen) atoms. The van der Waals surface area contributed by atoms with Crippen LogP contribution in [0.25, 0.3) is 10.9 Å². The Balaban J connectivity index is 2.24. The summed E-state index contributed by atoms with van der Waals surface area (Å²) in [7, 11) is 0. The van der Waals surface area contributed by atoms with E-state index >= 15 is 0 Å². The SMILES string of the molecule is CCCCOc1cc2c(C(CCC)CNC(=O)CCC)c[nH]c2cc1Cl. The maximum Gasteiger partial charge on any atom is 0.220 e. The van der Waals surface area contributed by atoms with Crippen LogP contribution in [0.3, 0.4) is 0 Å². The minimum atomic E-state index is 0.125. The van der Waals surface area contributed by atoms with Crippen molar-refractivity contribution < 1.29 is 9.53 Å². The van der Waals surface area contributed by atoms with Crippen molar-refractivity contribution in [3.63, 3.8) is 0 Å². The van der Waals surface area contributed by atoms with Gasteiger partial charge in [0.05, 0.1) is 11.6 Å². The van der Waals surface area contributed by atoms with E-state index in [0.717, 1.165) is 48.8 Å². The molecule has 0 aliphatic heterocycles. The van der Waals surface area contributed by atoms with Crippen LogP contribution in [0.5, 0.6) is 5.75 Å². The number of hydrogen-bond donors (Lipinski definition) is 2. The number of amides is 1. The van der Waals surface area contributed by atoms with Gasteiger partial charge in [0, 0.05) is 36.0 Å². The second kappa shape index (κ2) is 10.5. The third-order valence-electron chi connectivity index (χ3n) is 4.62. The maximum absolute atomic E-state index is 11.9. The quantitative estimate of drug-likeness (QED) is 0.485. The van der Waals surface area contributed by atoms with E-state index in [9.17, 15) is 4.79 Å². The van der Waals surface area contributed by atoms with Gasteiger partial charge in [-0.25, -0.2) is 0 Å². The summed E-state index contributed by atoms with van der Waals surface area (Å²) in [5, 5.41) is 4.84. The van der Waals surface area contributed by atoms with E-state index in [1.807, 2.05) is 25.3 Å². The number of unbranched alkanes of at least 4 members (excludes halogenated alkanes) is 1. The summed E-state index contributed by atoms with van der Waals surface area (Å²) < 4.78 is 5.86. The van der Waals surface area contributed by atoms with E-state index in [1.54, 1.807) is 0 Å². The average Bonchev–Trinajstić information content (AvgIpc) is 3.01. The Hall–Kier alpha value is -1.68. The molecule has 1 aromatic carbocycles. The molecular formula is C21H31ClN2O2. The maximum atomic E-state index is 11.9. The normalized spacial score (nSPS) is 12.3. The molecule has 0 spiro atoms. The molecule has 1 aromatic heterocycles. The first-order valence-electron chi connectivity index (χ1n) is 9.80. The predicted molar refractivity (Wildman–Crippen MR) is 109 cm³/mol. The number of fused-ring (bicyclic) bond motifs is 1. The fourth-order valence-electron chi connectivity index (χ4n) is 3.19.